The van der Waals surface area contributed by atoms with Crippen molar-refractivity contribution in [3.8, 4) is 17.0 Å². The standard InChI is InChI=1S/C22H21BBrN5O3S/c23-16-8-2-4-10-20(16)33(31,32)27-12-6-5-11-25-21-13-18(15-7-1-3-9-19(15)30)28-22-17(24)14-26-29(21)22/h1-4,7-10,13-14,25,27,30H,5-6,11-12H2. The molecule has 0 bridgehead atoms. The van der Waals surface area contributed by atoms with Crippen LogP contribution in [0.15, 0.2) is 70.2 Å². The Morgan fingerprint density at radius 1 is 1.06 bits per heavy atom. The summed E-state index contributed by atoms with van der Waals surface area (Å²) >= 11 is 3.46. The summed E-state index contributed by atoms with van der Waals surface area (Å²) in [5, 5.41) is 17.9. The van der Waals surface area contributed by atoms with Gasteiger partial charge in [0.1, 0.15) is 19.4 Å². The number of nitrogens with zero attached hydrogens (tertiary/aromatic N) is 3. The molecule has 2 aromatic heterocycles. The fourth-order valence-electron chi connectivity index (χ4n) is 3.37. The molecule has 0 saturated heterocycles. The lowest BCUT2D eigenvalue weighted by molar-refractivity contribution is 0.477. The van der Waals surface area contributed by atoms with Gasteiger partial charge in [-0.05, 0) is 47.0 Å². The van der Waals surface area contributed by atoms with Crippen LogP contribution in [0.5, 0.6) is 5.75 Å². The van der Waals surface area contributed by atoms with Crippen molar-refractivity contribution in [1.82, 2.24) is 19.3 Å². The van der Waals surface area contributed by atoms with E-state index in [1.807, 2.05) is 12.1 Å². The van der Waals surface area contributed by atoms with Crippen LogP contribution in [-0.2, 0) is 10.0 Å². The zero-order valence-corrected chi connectivity index (χ0v) is 20.0. The van der Waals surface area contributed by atoms with Gasteiger partial charge in [-0.3, -0.25) is 0 Å². The molecule has 168 valence electrons. The Labute approximate surface area is 201 Å². The third-order valence-electron chi connectivity index (χ3n) is 5.02. The minimum Gasteiger partial charge on any atom is -0.507 e. The number of benzene rings is 2. The molecule has 0 atom stereocenters. The fourth-order valence-corrected chi connectivity index (χ4v) is 4.92. The van der Waals surface area contributed by atoms with Crippen molar-refractivity contribution >= 4 is 50.7 Å². The first-order chi connectivity index (χ1) is 15.9. The van der Waals surface area contributed by atoms with Crippen molar-refractivity contribution in [1.29, 1.82) is 0 Å². The molecule has 3 N–H and O–H groups in total. The zero-order chi connectivity index (χ0) is 23.4. The molecule has 2 radical (unpaired) electrons. The molecule has 0 fully saturated rings. The van der Waals surface area contributed by atoms with E-state index in [1.54, 1.807) is 47.1 Å². The van der Waals surface area contributed by atoms with E-state index in [0.29, 0.717) is 48.7 Å². The van der Waals surface area contributed by atoms with Gasteiger partial charge in [-0.2, -0.15) is 9.61 Å². The maximum atomic E-state index is 12.4. The molecule has 0 aliphatic carbocycles. The Kier molecular flexibility index (Phi) is 7.01. The quantitative estimate of drug-likeness (QED) is 0.229. The highest BCUT2D eigenvalue weighted by molar-refractivity contribution is 9.10. The van der Waals surface area contributed by atoms with Crippen LogP contribution in [0.25, 0.3) is 16.9 Å². The molecule has 2 aromatic carbocycles. The van der Waals surface area contributed by atoms with E-state index in [-0.39, 0.29) is 16.1 Å². The van der Waals surface area contributed by atoms with Gasteiger partial charge < -0.3 is 10.4 Å². The lowest BCUT2D eigenvalue weighted by Gasteiger charge is -2.12. The SMILES string of the molecule is [B]c1ccccc1S(=O)(=O)NCCCCNc1cc(-c2ccccc2O)nc2c(Br)cnn12. The number of para-hydroxylation sites is 1. The predicted octanol–water partition coefficient (Wildman–Crippen LogP) is 2.83. The lowest BCUT2D eigenvalue weighted by atomic mass is 9.97. The second kappa shape index (κ2) is 9.94. The van der Waals surface area contributed by atoms with Crippen molar-refractivity contribution in [3.63, 3.8) is 0 Å². The monoisotopic (exact) mass is 525 g/mol. The Hall–Kier alpha value is -2.89. The molecule has 0 unspecified atom stereocenters. The number of phenolic OH excluding ortho intramolecular Hbond substituents is 1. The largest absolute Gasteiger partial charge is 0.507 e. The molecular weight excluding hydrogens is 505 g/mol. The van der Waals surface area contributed by atoms with Crippen LogP contribution in [-0.4, -0.2) is 49.1 Å². The number of hydrogen-bond acceptors (Lipinski definition) is 6. The van der Waals surface area contributed by atoms with Crippen LogP contribution in [0.4, 0.5) is 5.82 Å². The smallest absolute Gasteiger partial charge is 0.239 e. The minimum absolute atomic E-state index is 0.0863. The van der Waals surface area contributed by atoms with Crippen molar-refractivity contribution in [2.24, 2.45) is 0 Å². The molecule has 8 nitrogen and oxygen atoms in total. The number of phenols is 1. The van der Waals surface area contributed by atoms with Gasteiger partial charge in [-0.1, -0.05) is 35.8 Å². The molecule has 11 heteroatoms. The second-order valence-corrected chi connectivity index (χ2v) is 9.93. The number of nitrogens with one attached hydrogen (secondary N) is 2. The van der Waals surface area contributed by atoms with E-state index in [4.69, 9.17) is 7.85 Å². The first kappa shape index (κ1) is 23.3. The Balaban J connectivity index is 1.40. The van der Waals surface area contributed by atoms with Crippen LogP contribution >= 0.6 is 15.9 Å². The predicted molar refractivity (Wildman–Crippen MR) is 133 cm³/mol. The van der Waals surface area contributed by atoms with E-state index in [0.717, 1.165) is 4.47 Å². The van der Waals surface area contributed by atoms with Crippen LogP contribution in [0.1, 0.15) is 12.8 Å². The summed E-state index contributed by atoms with van der Waals surface area (Å²) in [6.07, 6.45) is 3.00. The van der Waals surface area contributed by atoms with Gasteiger partial charge in [0.05, 0.1) is 21.3 Å². The van der Waals surface area contributed by atoms with Gasteiger partial charge in [0.15, 0.2) is 5.65 Å². The number of unbranched alkanes of at least 4 members (excludes halogenated alkanes) is 1. The number of aromatic nitrogens is 3. The fraction of sp³-hybridized carbons (Fsp3) is 0.182. The summed E-state index contributed by atoms with van der Waals surface area (Å²) in [4.78, 5) is 4.70. The molecule has 0 aliphatic heterocycles. The normalized spacial score (nSPS) is 11.7. The Morgan fingerprint density at radius 2 is 1.79 bits per heavy atom. The maximum absolute atomic E-state index is 12.4. The Morgan fingerprint density at radius 3 is 2.58 bits per heavy atom. The average Bonchev–Trinajstić information content (AvgIpc) is 3.17. The van der Waals surface area contributed by atoms with Crippen LogP contribution in [0.2, 0.25) is 0 Å². The van der Waals surface area contributed by atoms with Gasteiger partial charge in [0, 0.05) is 24.7 Å². The topological polar surface area (TPSA) is 109 Å². The first-order valence-corrected chi connectivity index (χ1v) is 12.5. The lowest BCUT2D eigenvalue weighted by Crippen LogP contribution is -2.29. The summed E-state index contributed by atoms with van der Waals surface area (Å²) in [6.45, 7) is 0.882. The molecule has 33 heavy (non-hydrogen) atoms. The molecule has 0 aliphatic rings. The molecule has 0 spiro atoms. The first-order valence-electron chi connectivity index (χ1n) is 10.3. The number of fused-ring (bicyclic) bond motifs is 1. The van der Waals surface area contributed by atoms with Crippen molar-refractivity contribution in [3.05, 3.63) is 65.3 Å². The molecule has 4 rings (SSSR count). The number of aromatic hydroxyl groups is 1. The number of halogens is 1. The number of hydrogen-bond donors (Lipinski definition) is 3. The zero-order valence-electron chi connectivity index (χ0n) is 17.6. The van der Waals surface area contributed by atoms with E-state index < -0.39 is 10.0 Å². The van der Waals surface area contributed by atoms with Crippen molar-refractivity contribution in [2.75, 3.05) is 18.4 Å². The molecular formula is C22H21BBrN5O3S. The number of sulfonamides is 1. The summed E-state index contributed by atoms with van der Waals surface area (Å²) in [5.74, 6) is 0.851. The van der Waals surface area contributed by atoms with Gasteiger partial charge in [-0.25, -0.2) is 18.1 Å². The van der Waals surface area contributed by atoms with Gasteiger partial charge in [0.2, 0.25) is 10.0 Å². The van der Waals surface area contributed by atoms with E-state index in [9.17, 15) is 13.5 Å². The third kappa shape index (κ3) is 5.21. The summed E-state index contributed by atoms with van der Waals surface area (Å²) in [7, 11) is 2.13. The highest BCUT2D eigenvalue weighted by Gasteiger charge is 2.15. The summed E-state index contributed by atoms with van der Waals surface area (Å²) in [5.41, 5.74) is 2.06. The summed E-state index contributed by atoms with van der Waals surface area (Å²) in [6, 6.07) is 15.2. The van der Waals surface area contributed by atoms with Crippen molar-refractivity contribution in [2.45, 2.75) is 17.7 Å². The van der Waals surface area contributed by atoms with Crippen molar-refractivity contribution < 1.29 is 13.5 Å². The molecule has 0 amide bonds. The van der Waals surface area contributed by atoms with E-state index in [1.165, 1.54) is 6.07 Å². The van der Waals surface area contributed by atoms with E-state index in [2.05, 4.69) is 36.1 Å². The van der Waals surface area contributed by atoms with Crippen LogP contribution in [0.3, 0.4) is 0 Å². The number of anilines is 1. The number of rotatable bonds is 9. The average molecular weight is 526 g/mol. The minimum atomic E-state index is -3.64. The van der Waals surface area contributed by atoms with Gasteiger partial charge in [-0.15, -0.1) is 0 Å². The van der Waals surface area contributed by atoms with Gasteiger partial charge in [0.25, 0.3) is 0 Å². The second-order valence-electron chi connectivity index (χ2n) is 7.34. The van der Waals surface area contributed by atoms with E-state index >= 15 is 0 Å². The molecule has 4 aromatic rings. The van der Waals surface area contributed by atoms with Crippen LogP contribution in [0, 0.1) is 0 Å². The summed E-state index contributed by atoms with van der Waals surface area (Å²) < 4.78 is 29.8. The molecule has 0 saturated carbocycles. The molecule has 2 heterocycles. The van der Waals surface area contributed by atoms with Crippen LogP contribution < -0.4 is 15.5 Å². The highest BCUT2D eigenvalue weighted by atomic mass is 79.9. The highest BCUT2D eigenvalue weighted by Crippen LogP contribution is 2.31. The third-order valence-corrected chi connectivity index (χ3v) is 7.11. The Bertz CT molecular complexity index is 1390. The maximum Gasteiger partial charge on any atom is 0.239 e. The van der Waals surface area contributed by atoms with Gasteiger partial charge >= 0.3 is 0 Å².